The predicted molar refractivity (Wildman–Crippen MR) is 96.2 cm³/mol. The average Bonchev–Trinajstić information content (AvgIpc) is 2.94. The van der Waals surface area contributed by atoms with Crippen molar-refractivity contribution >= 4 is 45.7 Å². The first-order valence-electron chi connectivity index (χ1n) is 7.16. The highest BCUT2D eigenvalue weighted by Crippen LogP contribution is 2.31. The molecular weight excluding hydrogens is 298 g/mol. The van der Waals surface area contributed by atoms with E-state index in [-0.39, 0.29) is 0 Å². The van der Waals surface area contributed by atoms with Crippen LogP contribution in [0.1, 0.15) is 24.8 Å². The Morgan fingerprint density at radius 1 is 1.38 bits per heavy atom. The Balaban J connectivity index is 1.92. The van der Waals surface area contributed by atoms with Crippen LogP contribution in [0.5, 0.6) is 0 Å². The van der Waals surface area contributed by atoms with Crippen molar-refractivity contribution in [3.63, 3.8) is 0 Å². The van der Waals surface area contributed by atoms with Crippen molar-refractivity contribution < 1.29 is 0 Å². The summed E-state index contributed by atoms with van der Waals surface area (Å²) in [6.07, 6.45) is 5.79. The maximum Gasteiger partial charge on any atom is 0.137 e. The van der Waals surface area contributed by atoms with Gasteiger partial charge in [-0.15, -0.1) is 0 Å². The number of thioether (sulfide) groups is 1. The molecule has 0 spiro atoms. The SMILES string of the molecule is CSC1CCC(Nc2nc3ccccc3cc2C(N)=S)C1. The highest BCUT2D eigenvalue weighted by atomic mass is 32.2. The van der Waals surface area contributed by atoms with Gasteiger partial charge in [-0.25, -0.2) is 4.98 Å². The van der Waals surface area contributed by atoms with Crippen LogP contribution < -0.4 is 11.1 Å². The van der Waals surface area contributed by atoms with E-state index in [4.69, 9.17) is 22.9 Å². The third kappa shape index (κ3) is 3.14. The summed E-state index contributed by atoms with van der Waals surface area (Å²) in [5.41, 5.74) is 7.70. The first-order valence-corrected chi connectivity index (χ1v) is 8.86. The molecule has 0 amide bonds. The van der Waals surface area contributed by atoms with E-state index in [9.17, 15) is 0 Å². The molecule has 1 heterocycles. The molecule has 110 valence electrons. The number of fused-ring (bicyclic) bond motifs is 1. The second-order valence-corrected chi connectivity index (χ2v) is 7.03. The van der Waals surface area contributed by atoms with Crippen molar-refractivity contribution in [1.29, 1.82) is 0 Å². The maximum absolute atomic E-state index is 5.88. The van der Waals surface area contributed by atoms with Gasteiger partial charge in [-0.05, 0) is 37.7 Å². The zero-order chi connectivity index (χ0) is 14.8. The number of hydrogen-bond acceptors (Lipinski definition) is 4. The number of nitrogens with two attached hydrogens (primary N) is 1. The highest BCUT2D eigenvalue weighted by molar-refractivity contribution is 7.99. The molecule has 1 saturated carbocycles. The first kappa shape index (κ1) is 14.6. The second kappa shape index (κ2) is 6.20. The minimum atomic E-state index is 0.398. The number of aromatic nitrogens is 1. The van der Waals surface area contributed by atoms with Gasteiger partial charge in [0.05, 0.1) is 11.1 Å². The Hall–Kier alpha value is -1.33. The van der Waals surface area contributed by atoms with Crippen LogP contribution in [0.4, 0.5) is 5.82 Å². The fourth-order valence-electron chi connectivity index (χ4n) is 2.89. The molecule has 1 aliphatic rings. The Morgan fingerprint density at radius 3 is 2.90 bits per heavy atom. The fourth-order valence-corrected chi connectivity index (χ4v) is 3.84. The molecular formula is C16H19N3S2. The lowest BCUT2D eigenvalue weighted by atomic mass is 10.1. The number of benzene rings is 1. The molecule has 2 unspecified atom stereocenters. The Morgan fingerprint density at radius 2 is 2.19 bits per heavy atom. The summed E-state index contributed by atoms with van der Waals surface area (Å²) < 4.78 is 0. The third-order valence-electron chi connectivity index (χ3n) is 4.05. The van der Waals surface area contributed by atoms with Crippen LogP contribution in [0.3, 0.4) is 0 Å². The summed E-state index contributed by atoms with van der Waals surface area (Å²) >= 11 is 7.14. The molecule has 5 heteroatoms. The third-order valence-corrected chi connectivity index (χ3v) is 5.36. The molecule has 1 aromatic carbocycles. The van der Waals surface area contributed by atoms with E-state index in [1.165, 1.54) is 19.3 Å². The maximum atomic E-state index is 5.88. The van der Waals surface area contributed by atoms with Gasteiger partial charge in [0.1, 0.15) is 10.8 Å². The van der Waals surface area contributed by atoms with Gasteiger partial charge in [-0.3, -0.25) is 0 Å². The molecule has 2 aromatic rings. The van der Waals surface area contributed by atoms with Crippen LogP contribution in [0.2, 0.25) is 0 Å². The summed E-state index contributed by atoms with van der Waals surface area (Å²) in [5.74, 6) is 0.827. The molecule has 1 aromatic heterocycles. The number of nitrogens with one attached hydrogen (secondary N) is 1. The van der Waals surface area contributed by atoms with Crippen molar-refractivity contribution in [2.24, 2.45) is 5.73 Å². The topological polar surface area (TPSA) is 50.9 Å². The molecule has 0 bridgehead atoms. The lowest BCUT2D eigenvalue weighted by Crippen LogP contribution is -2.21. The smallest absolute Gasteiger partial charge is 0.137 e. The minimum absolute atomic E-state index is 0.398. The molecule has 3 rings (SSSR count). The highest BCUT2D eigenvalue weighted by Gasteiger charge is 2.25. The second-order valence-electron chi connectivity index (χ2n) is 5.45. The van der Waals surface area contributed by atoms with E-state index in [1.807, 2.05) is 42.1 Å². The molecule has 3 nitrogen and oxygen atoms in total. The number of pyridine rings is 1. The first-order chi connectivity index (χ1) is 10.2. The van der Waals surface area contributed by atoms with Gasteiger partial charge in [-0.2, -0.15) is 11.8 Å². The lowest BCUT2D eigenvalue weighted by molar-refractivity contribution is 0.752. The number of rotatable bonds is 4. The quantitative estimate of drug-likeness (QED) is 0.844. The van der Waals surface area contributed by atoms with Gasteiger partial charge in [-0.1, -0.05) is 30.4 Å². The molecule has 0 saturated heterocycles. The number of thiocarbonyl (C=S) groups is 1. The summed E-state index contributed by atoms with van der Waals surface area (Å²) in [7, 11) is 0. The van der Waals surface area contributed by atoms with Gasteiger partial charge in [0.25, 0.3) is 0 Å². The van der Waals surface area contributed by atoms with Crippen molar-refractivity contribution in [3.8, 4) is 0 Å². The van der Waals surface area contributed by atoms with Crippen molar-refractivity contribution in [2.45, 2.75) is 30.6 Å². The Kier molecular flexibility index (Phi) is 4.31. The zero-order valence-electron chi connectivity index (χ0n) is 12.0. The number of anilines is 1. The van der Waals surface area contributed by atoms with Crippen LogP contribution in [0, 0.1) is 0 Å². The average molecular weight is 317 g/mol. The van der Waals surface area contributed by atoms with E-state index in [0.717, 1.165) is 27.5 Å². The van der Waals surface area contributed by atoms with Crippen LogP contribution in [0.25, 0.3) is 10.9 Å². The van der Waals surface area contributed by atoms with Crippen molar-refractivity contribution in [1.82, 2.24) is 4.98 Å². The van der Waals surface area contributed by atoms with Gasteiger partial charge in [0.2, 0.25) is 0 Å². The van der Waals surface area contributed by atoms with Crippen molar-refractivity contribution in [3.05, 3.63) is 35.9 Å². The largest absolute Gasteiger partial charge is 0.389 e. The molecule has 1 aliphatic carbocycles. The Bertz CT molecular complexity index is 672. The van der Waals surface area contributed by atoms with Crippen LogP contribution in [-0.4, -0.2) is 27.5 Å². The van der Waals surface area contributed by atoms with E-state index in [1.54, 1.807) is 0 Å². The van der Waals surface area contributed by atoms with Gasteiger partial charge >= 0.3 is 0 Å². The van der Waals surface area contributed by atoms with E-state index >= 15 is 0 Å². The van der Waals surface area contributed by atoms with E-state index in [0.29, 0.717) is 11.0 Å². The minimum Gasteiger partial charge on any atom is -0.389 e. The van der Waals surface area contributed by atoms with Crippen LogP contribution >= 0.6 is 24.0 Å². The molecule has 3 N–H and O–H groups in total. The summed E-state index contributed by atoms with van der Waals surface area (Å²) in [6.45, 7) is 0. The normalized spacial score (nSPS) is 21.6. The van der Waals surface area contributed by atoms with Crippen LogP contribution in [-0.2, 0) is 0 Å². The lowest BCUT2D eigenvalue weighted by Gasteiger charge is -2.17. The summed E-state index contributed by atoms with van der Waals surface area (Å²) in [6, 6.07) is 10.5. The standard InChI is InChI=1S/C16H19N3S2/c1-21-12-7-6-11(9-12)18-16-13(15(17)20)8-10-4-2-3-5-14(10)19-16/h2-5,8,11-12H,6-7,9H2,1H3,(H2,17,20)(H,18,19). The van der Waals surface area contributed by atoms with Gasteiger partial charge < -0.3 is 11.1 Å². The van der Waals surface area contributed by atoms with Gasteiger partial charge in [0, 0.05) is 16.7 Å². The molecule has 1 fully saturated rings. The zero-order valence-corrected chi connectivity index (χ0v) is 13.6. The summed E-state index contributed by atoms with van der Waals surface area (Å²) in [4.78, 5) is 5.12. The number of para-hydroxylation sites is 1. The number of nitrogens with zero attached hydrogens (tertiary/aromatic N) is 1. The monoisotopic (exact) mass is 317 g/mol. The molecule has 21 heavy (non-hydrogen) atoms. The molecule has 0 aliphatic heterocycles. The molecule has 2 atom stereocenters. The fraction of sp³-hybridized carbons (Fsp3) is 0.375. The predicted octanol–water partition coefficient (Wildman–Crippen LogP) is 3.57. The van der Waals surface area contributed by atoms with Crippen LogP contribution in [0.15, 0.2) is 30.3 Å². The van der Waals surface area contributed by atoms with E-state index in [2.05, 4.69) is 11.6 Å². The van der Waals surface area contributed by atoms with Gasteiger partial charge in [0.15, 0.2) is 0 Å². The number of hydrogen-bond donors (Lipinski definition) is 2. The van der Waals surface area contributed by atoms with E-state index < -0.39 is 0 Å². The van der Waals surface area contributed by atoms with Crippen molar-refractivity contribution in [2.75, 3.05) is 11.6 Å². The molecule has 0 radical (unpaired) electrons. The summed E-state index contributed by atoms with van der Waals surface area (Å²) in [5, 5.41) is 5.37. The Labute approximate surface area is 134 Å².